The van der Waals surface area contributed by atoms with Gasteiger partial charge in [0, 0.05) is 0 Å². The number of hydrogen-bond acceptors (Lipinski definition) is 7. The monoisotopic (exact) mass is 573 g/mol. The average molecular weight is 574 g/mol. The van der Waals surface area contributed by atoms with Gasteiger partial charge in [-0.25, -0.2) is 14.8 Å². The summed E-state index contributed by atoms with van der Waals surface area (Å²) in [5.41, 5.74) is 5.02. The summed E-state index contributed by atoms with van der Waals surface area (Å²) < 4.78 is 27.4. The molecule has 35 heavy (non-hydrogen) atoms. The summed E-state index contributed by atoms with van der Waals surface area (Å²) in [5.74, 6) is 0.749. The number of para-hydroxylation sites is 1. The molecule has 1 aromatic heterocycles. The molecule has 1 N–H and O–H groups in total. The first-order valence-corrected chi connectivity index (χ1v) is 13.2. The van der Waals surface area contributed by atoms with Gasteiger partial charge in [-0.15, -0.1) is 11.3 Å². The Morgan fingerprint density at radius 2 is 2.00 bits per heavy atom. The van der Waals surface area contributed by atoms with E-state index in [4.69, 9.17) is 9.47 Å². The van der Waals surface area contributed by atoms with E-state index in [9.17, 15) is 9.18 Å². The molecule has 4 rings (SSSR count). The number of carbonyl (C=O) groups excluding carboxylic acids is 1. The maximum atomic E-state index is 13.1. The number of hydrogen-bond donors (Lipinski definition) is 1. The highest BCUT2D eigenvalue weighted by molar-refractivity contribution is 9.10. The number of nitrogens with zero attached hydrogens (tertiary/aromatic N) is 2. The number of ether oxygens (including phenoxy) is 2. The Labute approximate surface area is 218 Å². The molecule has 0 radical (unpaired) electrons. The Morgan fingerprint density at radius 1 is 1.20 bits per heavy atom. The minimum atomic E-state index is -0.295. The summed E-state index contributed by atoms with van der Waals surface area (Å²) in [6.07, 6.45) is 1.54. The van der Waals surface area contributed by atoms with E-state index in [1.54, 1.807) is 29.5 Å². The maximum Gasteiger partial charge on any atom is 0.250 e. The number of thioether (sulfide) groups is 1. The third kappa shape index (κ3) is 7.03. The highest BCUT2D eigenvalue weighted by Crippen LogP contribution is 2.37. The highest BCUT2D eigenvalue weighted by atomic mass is 79.9. The van der Waals surface area contributed by atoms with Crippen molar-refractivity contribution in [3.63, 3.8) is 0 Å². The second kappa shape index (κ2) is 12.1. The topological polar surface area (TPSA) is 72.8 Å². The molecule has 0 aliphatic rings. The van der Waals surface area contributed by atoms with Crippen LogP contribution in [0.25, 0.3) is 10.2 Å². The number of fused-ring (bicyclic) bond motifs is 1. The SMILES string of the molecule is CCOc1cc(/C=N\NC(=O)CSc2nc3ccccc3s2)cc(Br)c1OCc1ccc(F)cc1. The van der Waals surface area contributed by atoms with Crippen LogP contribution in [0.15, 0.2) is 74.6 Å². The predicted octanol–water partition coefficient (Wildman–Crippen LogP) is 6.42. The van der Waals surface area contributed by atoms with Gasteiger partial charge in [-0.1, -0.05) is 36.0 Å². The minimum Gasteiger partial charge on any atom is -0.490 e. The van der Waals surface area contributed by atoms with Gasteiger partial charge in [0.2, 0.25) is 0 Å². The van der Waals surface area contributed by atoms with Crippen molar-refractivity contribution in [2.75, 3.05) is 12.4 Å². The first kappa shape index (κ1) is 25.2. The first-order valence-electron chi connectivity index (χ1n) is 10.7. The fourth-order valence-electron chi connectivity index (χ4n) is 3.05. The first-order chi connectivity index (χ1) is 17.0. The lowest BCUT2D eigenvalue weighted by molar-refractivity contribution is -0.118. The molecule has 10 heteroatoms. The standard InChI is InChI=1S/C25H21BrFN3O3S2/c1-2-32-21-12-17(11-19(26)24(21)33-14-16-7-9-18(27)10-8-16)13-28-30-23(31)15-34-25-29-20-5-3-4-6-22(20)35-25/h3-13H,2,14-15H2,1H3,(H,30,31)/b28-13-. The Kier molecular flexibility index (Phi) is 8.73. The zero-order valence-electron chi connectivity index (χ0n) is 18.7. The third-order valence-corrected chi connectivity index (χ3v) is 7.40. The normalized spacial score (nSPS) is 11.2. The molecule has 0 saturated carbocycles. The van der Waals surface area contributed by atoms with E-state index < -0.39 is 0 Å². The molecule has 0 spiro atoms. The predicted molar refractivity (Wildman–Crippen MR) is 142 cm³/mol. The second-order valence-corrected chi connectivity index (χ2v) is 10.3. The van der Waals surface area contributed by atoms with Crippen molar-refractivity contribution in [1.29, 1.82) is 0 Å². The molecule has 4 aromatic rings. The van der Waals surface area contributed by atoms with Crippen molar-refractivity contribution in [2.45, 2.75) is 17.9 Å². The largest absolute Gasteiger partial charge is 0.490 e. The Bertz CT molecular complexity index is 1310. The lowest BCUT2D eigenvalue weighted by Crippen LogP contribution is -2.19. The summed E-state index contributed by atoms with van der Waals surface area (Å²) in [4.78, 5) is 16.7. The minimum absolute atomic E-state index is 0.210. The van der Waals surface area contributed by atoms with E-state index in [2.05, 4.69) is 31.4 Å². The molecule has 6 nitrogen and oxygen atoms in total. The third-order valence-electron chi connectivity index (χ3n) is 4.63. The number of nitrogens with one attached hydrogen (secondary N) is 1. The summed E-state index contributed by atoms with van der Waals surface area (Å²) in [6, 6.07) is 17.6. The summed E-state index contributed by atoms with van der Waals surface area (Å²) in [5, 5.41) is 4.06. The van der Waals surface area contributed by atoms with Gasteiger partial charge >= 0.3 is 0 Å². The van der Waals surface area contributed by atoms with E-state index in [-0.39, 0.29) is 24.1 Å². The molecule has 0 bridgehead atoms. The molecule has 0 unspecified atom stereocenters. The van der Waals surface area contributed by atoms with E-state index in [1.807, 2.05) is 37.3 Å². The lowest BCUT2D eigenvalue weighted by atomic mass is 10.2. The Balaban J connectivity index is 1.35. The number of halogens is 2. The summed E-state index contributed by atoms with van der Waals surface area (Å²) in [6.45, 7) is 2.58. The van der Waals surface area contributed by atoms with Crippen LogP contribution in [0.3, 0.4) is 0 Å². The van der Waals surface area contributed by atoms with Crippen molar-refractivity contribution in [3.05, 3.63) is 82.1 Å². The molecule has 1 amide bonds. The highest BCUT2D eigenvalue weighted by Gasteiger charge is 2.13. The van der Waals surface area contributed by atoms with Gasteiger partial charge in [0.1, 0.15) is 12.4 Å². The number of hydrazone groups is 1. The fourth-order valence-corrected chi connectivity index (χ4v) is 5.49. The molecule has 0 atom stereocenters. The molecular formula is C25H21BrFN3O3S2. The smallest absolute Gasteiger partial charge is 0.250 e. The van der Waals surface area contributed by atoms with Crippen LogP contribution in [0, 0.1) is 5.82 Å². The van der Waals surface area contributed by atoms with E-state index in [0.29, 0.717) is 28.1 Å². The molecule has 1 heterocycles. The molecule has 0 fully saturated rings. The number of carbonyl (C=O) groups is 1. The maximum absolute atomic E-state index is 13.1. The van der Waals surface area contributed by atoms with Crippen molar-refractivity contribution < 1.29 is 18.7 Å². The van der Waals surface area contributed by atoms with Crippen LogP contribution in [-0.2, 0) is 11.4 Å². The van der Waals surface area contributed by atoms with Gasteiger partial charge in [0.15, 0.2) is 15.8 Å². The van der Waals surface area contributed by atoms with E-state index in [0.717, 1.165) is 20.1 Å². The average Bonchev–Trinajstić information content (AvgIpc) is 3.27. The molecule has 0 aliphatic heterocycles. The van der Waals surface area contributed by atoms with Gasteiger partial charge in [0.25, 0.3) is 5.91 Å². The quantitative estimate of drug-likeness (QED) is 0.135. The van der Waals surface area contributed by atoms with E-state index >= 15 is 0 Å². The Hall–Kier alpha value is -2.95. The van der Waals surface area contributed by atoms with Gasteiger partial charge in [-0.2, -0.15) is 5.10 Å². The van der Waals surface area contributed by atoms with Crippen LogP contribution >= 0.6 is 39.0 Å². The number of rotatable bonds is 10. The molecular weight excluding hydrogens is 553 g/mol. The molecule has 180 valence electrons. The number of benzene rings is 3. The van der Waals surface area contributed by atoms with Crippen molar-refractivity contribution in [3.8, 4) is 11.5 Å². The van der Waals surface area contributed by atoms with Crippen molar-refractivity contribution in [2.24, 2.45) is 5.10 Å². The summed E-state index contributed by atoms with van der Waals surface area (Å²) in [7, 11) is 0. The molecule has 0 aliphatic carbocycles. The van der Waals surface area contributed by atoms with Gasteiger partial charge in [0.05, 0.1) is 33.3 Å². The van der Waals surface area contributed by atoms with Crippen molar-refractivity contribution >= 4 is 61.4 Å². The molecule has 3 aromatic carbocycles. The van der Waals surface area contributed by atoms with Crippen LogP contribution in [0.2, 0.25) is 0 Å². The number of aromatic nitrogens is 1. The van der Waals surface area contributed by atoms with Gasteiger partial charge in [-0.05, 0) is 70.4 Å². The van der Waals surface area contributed by atoms with Crippen LogP contribution < -0.4 is 14.9 Å². The zero-order valence-corrected chi connectivity index (χ0v) is 21.9. The Morgan fingerprint density at radius 3 is 2.77 bits per heavy atom. The fraction of sp³-hybridized carbons (Fsp3) is 0.160. The number of thiazole rings is 1. The second-order valence-electron chi connectivity index (χ2n) is 7.21. The van der Waals surface area contributed by atoms with Crippen LogP contribution in [-0.4, -0.2) is 29.5 Å². The van der Waals surface area contributed by atoms with Gasteiger partial charge in [-0.3, -0.25) is 4.79 Å². The summed E-state index contributed by atoms with van der Waals surface area (Å²) >= 11 is 6.45. The lowest BCUT2D eigenvalue weighted by Gasteiger charge is -2.14. The van der Waals surface area contributed by atoms with Crippen LogP contribution in [0.1, 0.15) is 18.1 Å². The zero-order chi connectivity index (χ0) is 24.6. The molecule has 0 saturated heterocycles. The number of amides is 1. The van der Waals surface area contributed by atoms with Crippen LogP contribution in [0.4, 0.5) is 4.39 Å². The van der Waals surface area contributed by atoms with Crippen molar-refractivity contribution in [1.82, 2.24) is 10.4 Å². The van der Waals surface area contributed by atoms with Gasteiger partial charge < -0.3 is 9.47 Å². The van der Waals surface area contributed by atoms with E-state index in [1.165, 1.54) is 30.1 Å². The van der Waals surface area contributed by atoms with Crippen LogP contribution in [0.5, 0.6) is 11.5 Å².